The highest BCUT2D eigenvalue weighted by Gasteiger charge is 2.33. The molecule has 0 radical (unpaired) electrons. The molecule has 5 rings (SSSR count). The summed E-state index contributed by atoms with van der Waals surface area (Å²) in [7, 11) is 0. The number of ether oxygens (including phenoxy) is 1. The molecule has 0 aliphatic carbocycles. The molecule has 3 aromatic rings. The van der Waals surface area contributed by atoms with Crippen LogP contribution in [0.25, 0.3) is 11.3 Å². The van der Waals surface area contributed by atoms with Crippen molar-refractivity contribution in [2.45, 2.75) is 6.42 Å². The number of anilines is 2. The van der Waals surface area contributed by atoms with Gasteiger partial charge in [-0.3, -0.25) is 9.69 Å². The van der Waals surface area contributed by atoms with Crippen LogP contribution in [0.15, 0.2) is 42.5 Å². The lowest BCUT2D eigenvalue weighted by Gasteiger charge is -2.28. The SMILES string of the molecule is O=C(c1ccc(F)cc1F)N1CCc2c(-c3cccc(O)c3)nc(N3CCOCC3)nc21. The van der Waals surface area contributed by atoms with Gasteiger partial charge in [-0.15, -0.1) is 0 Å². The zero-order valence-electron chi connectivity index (χ0n) is 17.1. The summed E-state index contributed by atoms with van der Waals surface area (Å²) in [6.07, 6.45) is 0.471. The van der Waals surface area contributed by atoms with E-state index in [0.717, 1.165) is 17.7 Å². The lowest BCUT2D eigenvalue weighted by atomic mass is 10.1. The standard InChI is InChI=1S/C23H20F2N4O3/c24-15-4-5-17(19(25)13-15)22(31)29-7-6-18-20(14-2-1-3-16(30)12-14)26-23(27-21(18)29)28-8-10-32-11-9-28/h1-5,12-13,30H,6-11H2. The molecule has 9 heteroatoms. The second kappa shape index (κ2) is 8.16. The van der Waals surface area contributed by atoms with Crippen molar-refractivity contribution in [1.82, 2.24) is 9.97 Å². The van der Waals surface area contributed by atoms with Crippen LogP contribution in [0.2, 0.25) is 0 Å². The number of aromatic nitrogens is 2. The molecule has 0 unspecified atom stereocenters. The zero-order valence-corrected chi connectivity index (χ0v) is 17.1. The first-order valence-electron chi connectivity index (χ1n) is 10.3. The number of benzene rings is 2. The van der Waals surface area contributed by atoms with Gasteiger partial charge in [0.25, 0.3) is 5.91 Å². The van der Waals surface area contributed by atoms with Gasteiger partial charge in [-0.2, -0.15) is 4.98 Å². The Labute approximate surface area is 182 Å². The van der Waals surface area contributed by atoms with Gasteiger partial charge in [0.2, 0.25) is 5.95 Å². The smallest absolute Gasteiger partial charge is 0.262 e. The Bertz CT molecular complexity index is 1200. The maximum atomic E-state index is 14.3. The Morgan fingerprint density at radius 3 is 2.59 bits per heavy atom. The summed E-state index contributed by atoms with van der Waals surface area (Å²) in [5.41, 5.74) is 1.83. The largest absolute Gasteiger partial charge is 0.508 e. The molecule has 0 spiro atoms. The highest BCUT2D eigenvalue weighted by Crippen LogP contribution is 2.37. The molecule has 0 atom stereocenters. The van der Waals surface area contributed by atoms with Gasteiger partial charge >= 0.3 is 0 Å². The van der Waals surface area contributed by atoms with E-state index in [4.69, 9.17) is 9.72 Å². The minimum atomic E-state index is -0.917. The van der Waals surface area contributed by atoms with Gasteiger partial charge in [0.1, 0.15) is 23.2 Å². The first kappa shape index (κ1) is 20.3. The van der Waals surface area contributed by atoms with Crippen LogP contribution >= 0.6 is 0 Å². The summed E-state index contributed by atoms with van der Waals surface area (Å²) in [4.78, 5) is 26.0. The highest BCUT2D eigenvalue weighted by molar-refractivity contribution is 6.07. The van der Waals surface area contributed by atoms with Crippen LogP contribution in [0.4, 0.5) is 20.5 Å². The third-order valence-electron chi connectivity index (χ3n) is 5.63. The van der Waals surface area contributed by atoms with Crippen LogP contribution in [0.1, 0.15) is 15.9 Å². The molecule has 1 N–H and O–H groups in total. The molecule has 7 nitrogen and oxygen atoms in total. The van der Waals surface area contributed by atoms with Crippen molar-refractivity contribution >= 4 is 17.7 Å². The van der Waals surface area contributed by atoms with Gasteiger partial charge < -0.3 is 14.7 Å². The van der Waals surface area contributed by atoms with E-state index < -0.39 is 17.5 Å². The summed E-state index contributed by atoms with van der Waals surface area (Å²) in [5, 5.41) is 9.98. The number of hydrogen-bond donors (Lipinski definition) is 1. The average Bonchev–Trinajstić information content (AvgIpc) is 3.23. The van der Waals surface area contributed by atoms with Crippen LogP contribution < -0.4 is 9.80 Å². The Kier molecular flexibility index (Phi) is 5.18. The van der Waals surface area contributed by atoms with Crippen molar-refractivity contribution in [2.24, 2.45) is 0 Å². The number of amides is 1. The molecule has 2 aromatic carbocycles. The highest BCUT2D eigenvalue weighted by atomic mass is 19.1. The first-order valence-corrected chi connectivity index (χ1v) is 10.3. The second-order valence-electron chi connectivity index (χ2n) is 7.66. The molecular formula is C23H20F2N4O3. The van der Waals surface area contributed by atoms with Crippen molar-refractivity contribution < 1.29 is 23.4 Å². The fraction of sp³-hybridized carbons (Fsp3) is 0.261. The van der Waals surface area contributed by atoms with E-state index in [1.807, 2.05) is 11.0 Å². The lowest BCUT2D eigenvalue weighted by Crippen LogP contribution is -2.38. The lowest BCUT2D eigenvalue weighted by molar-refractivity contribution is 0.0984. The molecule has 2 aliphatic rings. The number of morpholine rings is 1. The summed E-state index contributed by atoms with van der Waals surface area (Å²) in [6, 6.07) is 9.63. The summed E-state index contributed by atoms with van der Waals surface area (Å²) in [5.74, 6) is -1.32. The minimum Gasteiger partial charge on any atom is -0.508 e. The minimum absolute atomic E-state index is 0.0992. The molecule has 1 saturated heterocycles. The fourth-order valence-electron chi connectivity index (χ4n) is 4.05. The van der Waals surface area contributed by atoms with Gasteiger partial charge in [0.15, 0.2) is 0 Å². The molecule has 2 aliphatic heterocycles. The van der Waals surface area contributed by atoms with E-state index in [0.29, 0.717) is 61.8 Å². The van der Waals surface area contributed by atoms with Crippen LogP contribution in [0, 0.1) is 11.6 Å². The van der Waals surface area contributed by atoms with Gasteiger partial charge in [-0.05, 0) is 30.7 Å². The predicted octanol–water partition coefficient (Wildman–Crippen LogP) is 3.17. The van der Waals surface area contributed by atoms with Gasteiger partial charge in [0, 0.05) is 36.8 Å². The van der Waals surface area contributed by atoms with Gasteiger partial charge in [-0.25, -0.2) is 13.8 Å². The van der Waals surface area contributed by atoms with Crippen LogP contribution in [-0.4, -0.2) is 53.8 Å². The zero-order chi connectivity index (χ0) is 22.2. The number of phenolic OH excluding ortho intramolecular Hbond substituents is 1. The number of halogens is 2. The molecular weight excluding hydrogens is 418 g/mol. The third kappa shape index (κ3) is 3.64. The number of rotatable bonds is 3. The van der Waals surface area contributed by atoms with Crippen LogP contribution in [-0.2, 0) is 11.2 Å². The molecule has 164 valence electrons. The molecule has 0 bridgehead atoms. The molecule has 3 heterocycles. The van der Waals surface area contributed by atoms with E-state index >= 15 is 0 Å². The Balaban J connectivity index is 1.62. The topological polar surface area (TPSA) is 78.8 Å². The Morgan fingerprint density at radius 2 is 1.84 bits per heavy atom. The number of carbonyl (C=O) groups excluding carboxylic acids is 1. The average molecular weight is 438 g/mol. The number of carbonyl (C=O) groups is 1. The Morgan fingerprint density at radius 1 is 1.03 bits per heavy atom. The first-order chi connectivity index (χ1) is 15.5. The monoisotopic (exact) mass is 438 g/mol. The van der Waals surface area contributed by atoms with Crippen LogP contribution in [0.5, 0.6) is 5.75 Å². The number of aromatic hydroxyl groups is 1. The van der Waals surface area contributed by atoms with Crippen molar-refractivity contribution in [1.29, 1.82) is 0 Å². The van der Waals surface area contributed by atoms with Gasteiger partial charge in [-0.1, -0.05) is 12.1 Å². The van der Waals surface area contributed by atoms with Crippen molar-refractivity contribution in [3.8, 4) is 17.0 Å². The molecule has 32 heavy (non-hydrogen) atoms. The van der Waals surface area contributed by atoms with Crippen molar-refractivity contribution in [3.63, 3.8) is 0 Å². The van der Waals surface area contributed by atoms with Crippen molar-refractivity contribution in [3.05, 3.63) is 65.2 Å². The van der Waals surface area contributed by atoms with E-state index in [9.17, 15) is 18.7 Å². The molecule has 1 aromatic heterocycles. The summed E-state index contributed by atoms with van der Waals surface area (Å²) >= 11 is 0. The fourth-order valence-corrected chi connectivity index (χ4v) is 4.05. The second-order valence-corrected chi connectivity index (χ2v) is 7.66. The molecule has 1 amide bonds. The normalized spacial score (nSPS) is 15.7. The van der Waals surface area contributed by atoms with E-state index in [2.05, 4.69) is 4.98 Å². The molecule has 1 fully saturated rings. The van der Waals surface area contributed by atoms with E-state index in [1.165, 1.54) is 4.90 Å². The summed E-state index contributed by atoms with van der Waals surface area (Å²) in [6.45, 7) is 2.55. The predicted molar refractivity (Wildman–Crippen MR) is 114 cm³/mol. The van der Waals surface area contributed by atoms with E-state index in [-0.39, 0.29) is 17.9 Å². The third-order valence-corrected chi connectivity index (χ3v) is 5.63. The van der Waals surface area contributed by atoms with Crippen molar-refractivity contribution in [2.75, 3.05) is 42.6 Å². The van der Waals surface area contributed by atoms with Crippen LogP contribution in [0.3, 0.4) is 0 Å². The Hall–Kier alpha value is -3.59. The molecule has 0 saturated carbocycles. The summed E-state index contributed by atoms with van der Waals surface area (Å²) < 4.78 is 33.1. The number of phenols is 1. The maximum Gasteiger partial charge on any atom is 0.262 e. The maximum absolute atomic E-state index is 14.3. The number of hydrogen-bond acceptors (Lipinski definition) is 6. The number of fused-ring (bicyclic) bond motifs is 1. The number of nitrogens with zero attached hydrogens (tertiary/aromatic N) is 4. The van der Waals surface area contributed by atoms with E-state index in [1.54, 1.807) is 18.2 Å². The van der Waals surface area contributed by atoms with Gasteiger partial charge in [0.05, 0.1) is 24.5 Å². The quantitative estimate of drug-likeness (QED) is 0.677.